The average Bonchev–Trinajstić information content (AvgIpc) is 3.18. The van der Waals surface area contributed by atoms with Crippen molar-refractivity contribution in [3.63, 3.8) is 0 Å². The Balaban J connectivity index is 1.65. The Kier molecular flexibility index (Phi) is 7.86. The molecule has 0 aliphatic carbocycles. The number of nitrogens with zero attached hydrogens (tertiary/aromatic N) is 3. The summed E-state index contributed by atoms with van der Waals surface area (Å²) in [6.45, 7) is 7.55. The summed E-state index contributed by atoms with van der Waals surface area (Å²) in [7, 11) is 3.19. The lowest BCUT2D eigenvalue weighted by molar-refractivity contribution is -0.122. The van der Waals surface area contributed by atoms with Crippen LogP contribution in [0.2, 0.25) is 0 Å². The van der Waals surface area contributed by atoms with Crippen molar-refractivity contribution in [3.8, 4) is 22.1 Å². The van der Waals surface area contributed by atoms with E-state index in [0.29, 0.717) is 55.6 Å². The predicted molar refractivity (Wildman–Crippen MR) is 121 cm³/mol. The number of piperazine rings is 1. The third kappa shape index (κ3) is 5.54. The molecule has 0 radical (unpaired) electrons. The molecular formula is C22H30N4O4S. The average molecular weight is 447 g/mol. The molecule has 0 unspecified atom stereocenters. The fourth-order valence-corrected chi connectivity index (χ4v) is 4.49. The van der Waals surface area contributed by atoms with Crippen LogP contribution in [0.25, 0.3) is 10.6 Å². The fourth-order valence-electron chi connectivity index (χ4n) is 3.46. The number of ether oxygens (including phenoxy) is 2. The number of carbonyl (C=O) groups is 2. The van der Waals surface area contributed by atoms with Crippen LogP contribution in [0.1, 0.15) is 28.7 Å². The van der Waals surface area contributed by atoms with E-state index in [1.807, 2.05) is 36.9 Å². The van der Waals surface area contributed by atoms with Gasteiger partial charge in [0.05, 0.1) is 26.5 Å². The molecule has 1 aromatic carbocycles. The highest BCUT2D eigenvalue weighted by Crippen LogP contribution is 2.35. The summed E-state index contributed by atoms with van der Waals surface area (Å²) >= 11 is 1.39. The lowest BCUT2D eigenvalue weighted by Gasteiger charge is -2.34. The van der Waals surface area contributed by atoms with Crippen molar-refractivity contribution in [3.05, 3.63) is 28.8 Å². The largest absolute Gasteiger partial charge is 0.493 e. The molecule has 0 spiro atoms. The third-order valence-electron chi connectivity index (χ3n) is 5.22. The van der Waals surface area contributed by atoms with Crippen molar-refractivity contribution in [1.29, 1.82) is 0 Å². The number of methoxy groups -OCH3 is 2. The van der Waals surface area contributed by atoms with Gasteiger partial charge >= 0.3 is 0 Å². The molecule has 0 bridgehead atoms. The molecule has 31 heavy (non-hydrogen) atoms. The topological polar surface area (TPSA) is 84.0 Å². The van der Waals surface area contributed by atoms with Gasteiger partial charge in [0.25, 0.3) is 5.91 Å². The second-order valence-corrected chi connectivity index (χ2v) is 8.42. The van der Waals surface area contributed by atoms with Gasteiger partial charge in [-0.05, 0) is 31.5 Å². The van der Waals surface area contributed by atoms with Gasteiger partial charge in [-0.15, -0.1) is 11.3 Å². The number of rotatable bonds is 8. The lowest BCUT2D eigenvalue weighted by atomic mass is 10.2. The van der Waals surface area contributed by atoms with Crippen LogP contribution >= 0.6 is 11.3 Å². The molecule has 1 saturated heterocycles. The van der Waals surface area contributed by atoms with E-state index in [4.69, 9.17) is 9.47 Å². The van der Waals surface area contributed by atoms with Gasteiger partial charge in [-0.2, -0.15) is 0 Å². The third-order valence-corrected chi connectivity index (χ3v) is 6.41. The van der Waals surface area contributed by atoms with Crippen molar-refractivity contribution in [1.82, 2.24) is 20.1 Å². The Labute approximate surface area is 187 Å². The van der Waals surface area contributed by atoms with E-state index in [0.717, 1.165) is 22.7 Å². The van der Waals surface area contributed by atoms with Crippen LogP contribution in [0.3, 0.4) is 0 Å². The number of thiazole rings is 1. The minimum Gasteiger partial charge on any atom is -0.493 e. The van der Waals surface area contributed by atoms with Crippen LogP contribution in [0.15, 0.2) is 18.2 Å². The minimum absolute atomic E-state index is 0.00295. The summed E-state index contributed by atoms with van der Waals surface area (Å²) in [5, 5.41) is 3.67. The second kappa shape index (κ2) is 10.6. The summed E-state index contributed by atoms with van der Waals surface area (Å²) in [5.74, 6) is 1.31. The molecule has 9 heteroatoms. The number of aryl methyl sites for hydroxylation is 1. The first-order chi connectivity index (χ1) is 15.0. The van der Waals surface area contributed by atoms with Crippen molar-refractivity contribution < 1.29 is 19.1 Å². The molecule has 0 saturated carbocycles. The Hall–Kier alpha value is -2.65. The number of carbonyl (C=O) groups excluding carboxylic acids is 2. The van der Waals surface area contributed by atoms with Crippen LogP contribution in [0.4, 0.5) is 0 Å². The molecule has 1 aliphatic rings. The molecule has 2 aromatic rings. The molecule has 1 fully saturated rings. The van der Waals surface area contributed by atoms with Gasteiger partial charge in [-0.25, -0.2) is 4.98 Å². The maximum Gasteiger partial charge on any atom is 0.265 e. The first-order valence-corrected chi connectivity index (χ1v) is 11.3. The number of aromatic nitrogens is 1. The van der Waals surface area contributed by atoms with E-state index in [1.165, 1.54) is 11.3 Å². The zero-order valence-corrected chi connectivity index (χ0v) is 19.4. The first-order valence-electron chi connectivity index (χ1n) is 10.4. The Morgan fingerprint density at radius 3 is 2.48 bits per heavy atom. The summed E-state index contributed by atoms with van der Waals surface area (Å²) in [4.78, 5) is 34.2. The van der Waals surface area contributed by atoms with Crippen LogP contribution in [0, 0.1) is 6.92 Å². The van der Waals surface area contributed by atoms with Crippen molar-refractivity contribution in [2.45, 2.75) is 20.3 Å². The van der Waals surface area contributed by atoms with Gasteiger partial charge in [0.15, 0.2) is 11.5 Å². The highest BCUT2D eigenvalue weighted by atomic mass is 32.1. The van der Waals surface area contributed by atoms with Crippen molar-refractivity contribution >= 4 is 23.2 Å². The molecule has 8 nitrogen and oxygen atoms in total. The SMILES string of the molecule is CCCNC(=O)CN1CCN(C(=O)c2sc(-c3ccc(OC)c(OC)c3)nc2C)CC1. The zero-order valence-electron chi connectivity index (χ0n) is 18.6. The van der Waals surface area contributed by atoms with Crippen molar-refractivity contribution in [2.75, 3.05) is 53.5 Å². The molecule has 1 N–H and O–H groups in total. The zero-order chi connectivity index (χ0) is 22.4. The van der Waals surface area contributed by atoms with E-state index in [-0.39, 0.29) is 11.8 Å². The number of hydrogen-bond donors (Lipinski definition) is 1. The quantitative estimate of drug-likeness (QED) is 0.671. The summed E-state index contributed by atoms with van der Waals surface area (Å²) in [6.07, 6.45) is 0.924. The Morgan fingerprint density at radius 1 is 1.13 bits per heavy atom. The normalized spacial score (nSPS) is 14.4. The molecular weight excluding hydrogens is 416 g/mol. The van der Waals surface area contributed by atoms with Crippen LogP contribution in [0.5, 0.6) is 11.5 Å². The Bertz CT molecular complexity index is 922. The molecule has 3 rings (SSSR count). The van der Waals surface area contributed by atoms with Gasteiger partial charge in [0.2, 0.25) is 5.91 Å². The first kappa shape index (κ1) is 23.0. The van der Waals surface area contributed by atoms with E-state index in [9.17, 15) is 9.59 Å². The van der Waals surface area contributed by atoms with E-state index >= 15 is 0 Å². The molecule has 2 heterocycles. The minimum atomic E-state index is -0.00295. The van der Waals surface area contributed by atoms with Gasteiger partial charge < -0.3 is 19.7 Å². The standard InChI is InChI=1S/C22H30N4O4S/c1-5-8-23-19(27)14-25-9-11-26(12-10-25)22(28)20-15(2)24-21(31-20)16-6-7-17(29-3)18(13-16)30-4/h6-7,13H,5,8-12,14H2,1-4H3,(H,23,27). The summed E-state index contributed by atoms with van der Waals surface area (Å²) < 4.78 is 10.7. The molecule has 0 atom stereocenters. The monoisotopic (exact) mass is 446 g/mol. The van der Waals surface area contributed by atoms with E-state index in [1.54, 1.807) is 14.2 Å². The lowest BCUT2D eigenvalue weighted by Crippen LogP contribution is -2.51. The van der Waals surface area contributed by atoms with Gasteiger partial charge in [-0.3, -0.25) is 14.5 Å². The van der Waals surface area contributed by atoms with Gasteiger partial charge in [0.1, 0.15) is 9.88 Å². The summed E-state index contributed by atoms with van der Waals surface area (Å²) in [5.41, 5.74) is 1.61. The molecule has 168 valence electrons. The van der Waals surface area contributed by atoms with Gasteiger partial charge in [-0.1, -0.05) is 6.92 Å². The van der Waals surface area contributed by atoms with Crippen LogP contribution in [-0.2, 0) is 4.79 Å². The second-order valence-electron chi connectivity index (χ2n) is 7.42. The molecule has 1 aromatic heterocycles. The molecule has 1 aliphatic heterocycles. The highest BCUT2D eigenvalue weighted by molar-refractivity contribution is 7.17. The van der Waals surface area contributed by atoms with Crippen LogP contribution in [-0.4, -0.2) is 80.1 Å². The number of amides is 2. The smallest absolute Gasteiger partial charge is 0.265 e. The predicted octanol–water partition coefficient (Wildman–Crippen LogP) is 2.42. The number of hydrogen-bond acceptors (Lipinski definition) is 7. The maximum absolute atomic E-state index is 13.1. The maximum atomic E-state index is 13.1. The van der Waals surface area contributed by atoms with E-state index < -0.39 is 0 Å². The summed E-state index contributed by atoms with van der Waals surface area (Å²) in [6, 6.07) is 5.62. The fraction of sp³-hybridized carbons (Fsp3) is 0.500. The van der Waals surface area contributed by atoms with Crippen LogP contribution < -0.4 is 14.8 Å². The van der Waals surface area contributed by atoms with Crippen molar-refractivity contribution in [2.24, 2.45) is 0 Å². The molecule has 2 amide bonds. The Morgan fingerprint density at radius 2 is 1.84 bits per heavy atom. The highest BCUT2D eigenvalue weighted by Gasteiger charge is 2.26. The number of benzene rings is 1. The number of nitrogens with one attached hydrogen (secondary N) is 1. The van der Waals surface area contributed by atoms with E-state index in [2.05, 4.69) is 15.2 Å². The van der Waals surface area contributed by atoms with Gasteiger partial charge in [0, 0.05) is 38.3 Å².